The number of halogens is 1. The number of anilines is 3. The number of carboxylic acids is 2. The summed E-state index contributed by atoms with van der Waals surface area (Å²) in [6.07, 6.45) is 3.61. The third-order valence-electron chi connectivity index (χ3n) is 8.21. The molecule has 0 amide bonds. The molecule has 0 aliphatic carbocycles. The van der Waals surface area contributed by atoms with Gasteiger partial charge in [0.25, 0.3) is 0 Å². The number of hydrogen-bond donors (Lipinski definition) is 3. The van der Waals surface area contributed by atoms with Crippen LogP contribution < -0.4 is 15.0 Å². The summed E-state index contributed by atoms with van der Waals surface area (Å²) in [6.45, 7) is 8.23. The van der Waals surface area contributed by atoms with Gasteiger partial charge in [0.1, 0.15) is 23.2 Å². The minimum Gasteiger partial charge on any atom is -0.493 e. The maximum atomic E-state index is 13.2. The van der Waals surface area contributed by atoms with E-state index in [1.165, 1.54) is 24.4 Å². The first kappa shape index (κ1) is 31.4. The van der Waals surface area contributed by atoms with Crippen molar-refractivity contribution in [3.05, 3.63) is 95.1 Å². The molecule has 0 radical (unpaired) electrons. The molecule has 5 rings (SSSR count). The molecule has 1 fully saturated rings. The maximum absolute atomic E-state index is 13.2. The molecule has 1 aliphatic rings. The highest BCUT2D eigenvalue weighted by molar-refractivity contribution is 5.93. The van der Waals surface area contributed by atoms with Crippen LogP contribution >= 0.6 is 0 Å². The van der Waals surface area contributed by atoms with Crippen LogP contribution in [-0.2, 0) is 17.6 Å². The number of aromatic carboxylic acids is 1. The zero-order chi connectivity index (χ0) is 32.1. The molecule has 2 aromatic carbocycles. The molecule has 9 nitrogen and oxygen atoms in total. The molecule has 234 valence electrons. The average Bonchev–Trinajstić information content (AvgIpc) is 3.00. The number of nitrogens with one attached hydrogen (secondary N) is 1. The summed E-state index contributed by atoms with van der Waals surface area (Å²) in [7, 11) is 0. The molecule has 3 N–H and O–H groups in total. The van der Waals surface area contributed by atoms with Gasteiger partial charge in [-0.15, -0.1) is 0 Å². The van der Waals surface area contributed by atoms with Gasteiger partial charge in [0.05, 0.1) is 24.3 Å². The van der Waals surface area contributed by atoms with E-state index in [2.05, 4.69) is 29.0 Å². The highest BCUT2D eigenvalue weighted by Gasteiger charge is 2.31. The van der Waals surface area contributed by atoms with E-state index in [4.69, 9.17) is 9.72 Å². The Morgan fingerprint density at radius 1 is 1.00 bits per heavy atom. The van der Waals surface area contributed by atoms with Crippen molar-refractivity contribution < 1.29 is 28.9 Å². The molecule has 0 saturated carbocycles. The Morgan fingerprint density at radius 2 is 1.69 bits per heavy atom. The van der Waals surface area contributed by atoms with Crippen molar-refractivity contribution in [1.82, 2.24) is 9.97 Å². The summed E-state index contributed by atoms with van der Waals surface area (Å²) in [5.74, 6) is -0.735. The largest absolute Gasteiger partial charge is 0.493 e. The van der Waals surface area contributed by atoms with Crippen LogP contribution in [0.4, 0.5) is 21.7 Å². The maximum Gasteiger partial charge on any atom is 0.337 e. The van der Waals surface area contributed by atoms with Crippen molar-refractivity contribution in [2.45, 2.75) is 46.5 Å². The summed E-state index contributed by atoms with van der Waals surface area (Å²) < 4.78 is 19.2. The lowest BCUT2D eigenvalue weighted by Crippen LogP contribution is -2.38. The van der Waals surface area contributed by atoms with E-state index >= 15 is 0 Å². The fourth-order valence-corrected chi connectivity index (χ4v) is 5.51. The van der Waals surface area contributed by atoms with Crippen LogP contribution in [0.15, 0.2) is 66.9 Å². The second kappa shape index (κ2) is 13.3. The number of carbonyl (C=O) groups is 2. The fraction of sp³-hybridized carbons (Fsp3) is 0.314. The number of hydrogen-bond acceptors (Lipinski definition) is 7. The van der Waals surface area contributed by atoms with Crippen LogP contribution in [0.3, 0.4) is 0 Å². The third-order valence-corrected chi connectivity index (χ3v) is 8.21. The Kier molecular flexibility index (Phi) is 9.32. The molecule has 2 aromatic heterocycles. The second-order valence-corrected chi connectivity index (χ2v) is 12.1. The van der Waals surface area contributed by atoms with E-state index < -0.39 is 11.9 Å². The molecule has 3 heterocycles. The van der Waals surface area contributed by atoms with Gasteiger partial charge < -0.3 is 25.2 Å². The molecule has 45 heavy (non-hydrogen) atoms. The van der Waals surface area contributed by atoms with Crippen LogP contribution in [0.1, 0.15) is 53.9 Å². The molecule has 1 saturated heterocycles. The molecular weight excluding hydrogens is 575 g/mol. The number of rotatable bonds is 11. The lowest BCUT2D eigenvalue weighted by molar-refractivity contribution is -0.136. The van der Waals surface area contributed by atoms with E-state index in [1.54, 1.807) is 18.2 Å². The summed E-state index contributed by atoms with van der Waals surface area (Å²) in [4.78, 5) is 34.8. The second-order valence-electron chi connectivity index (χ2n) is 12.1. The molecule has 0 spiro atoms. The number of benzene rings is 2. The van der Waals surface area contributed by atoms with Crippen molar-refractivity contribution in [2.75, 3.05) is 29.9 Å². The van der Waals surface area contributed by atoms with E-state index in [0.29, 0.717) is 41.7 Å². The molecule has 0 unspecified atom stereocenters. The van der Waals surface area contributed by atoms with Crippen molar-refractivity contribution in [3.8, 4) is 16.9 Å². The van der Waals surface area contributed by atoms with Crippen LogP contribution in [0, 0.1) is 18.2 Å². The standard InChI is InChI=1S/C35H37FN4O5/c1-22-28(20-30(41)42)32(40-17-15-35(2,3)16-18-40)31(33(38-22)39-29-13-8-25(21-37-29)34(43)44)24-6-11-27(12-7-24)45-19-14-23-4-9-26(36)10-5-23/h4-13,21H,14-20H2,1-3H3,(H,41,42)(H,43,44)(H,37,38,39). The number of carboxylic acid groups (broad SMARTS) is 2. The Balaban J connectivity index is 1.54. The highest BCUT2D eigenvalue weighted by Crippen LogP contribution is 2.44. The monoisotopic (exact) mass is 612 g/mol. The number of aryl methyl sites for hydroxylation is 1. The van der Waals surface area contributed by atoms with E-state index in [-0.39, 0.29) is 23.2 Å². The lowest BCUT2D eigenvalue weighted by atomic mass is 9.82. The predicted molar refractivity (Wildman–Crippen MR) is 171 cm³/mol. The summed E-state index contributed by atoms with van der Waals surface area (Å²) >= 11 is 0. The highest BCUT2D eigenvalue weighted by atomic mass is 19.1. The molecule has 0 atom stereocenters. The molecular formula is C35H37FN4O5. The van der Waals surface area contributed by atoms with Crippen LogP contribution in [0.2, 0.25) is 0 Å². The van der Waals surface area contributed by atoms with Gasteiger partial charge >= 0.3 is 11.9 Å². The Hall–Kier alpha value is -4.99. The predicted octanol–water partition coefficient (Wildman–Crippen LogP) is 6.91. The SMILES string of the molecule is Cc1nc(Nc2ccc(C(=O)O)cn2)c(-c2ccc(OCCc3ccc(F)cc3)cc2)c(N2CCC(C)(C)CC2)c1CC(=O)O. The van der Waals surface area contributed by atoms with E-state index in [0.717, 1.165) is 48.3 Å². The molecule has 0 bridgehead atoms. The number of pyridine rings is 2. The minimum absolute atomic E-state index is 0.0633. The first-order chi connectivity index (χ1) is 21.5. The van der Waals surface area contributed by atoms with Gasteiger partial charge in [0.2, 0.25) is 0 Å². The van der Waals surface area contributed by atoms with E-state index in [1.807, 2.05) is 31.2 Å². The van der Waals surface area contributed by atoms with Crippen molar-refractivity contribution in [3.63, 3.8) is 0 Å². The fourth-order valence-electron chi connectivity index (χ4n) is 5.51. The zero-order valence-electron chi connectivity index (χ0n) is 25.6. The van der Waals surface area contributed by atoms with Crippen LogP contribution in [0.25, 0.3) is 11.1 Å². The van der Waals surface area contributed by atoms with Crippen molar-refractivity contribution in [1.29, 1.82) is 0 Å². The number of aromatic nitrogens is 2. The average molecular weight is 613 g/mol. The number of ether oxygens (including phenoxy) is 1. The van der Waals surface area contributed by atoms with Crippen LogP contribution in [0.5, 0.6) is 5.75 Å². The third kappa shape index (κ3) is 7.75. The van der Waals surface area contributed by atoms with Gasteiger partial charge in [0.15, 0.2) is 0 Å². The number of piperidine rings is 1. The first-order valence-corrected chi connectivity index (χ1v) is 14.9. The van der Waals surface area contributed by atoms with Gasteiger partial charge in [-0.1, -0.05) is 38.1 Å². The Labute approximate surface area is 261 Å². The van der Waals surface area contributed by atoms with Gasteiger partial charge in [-0.2, -0.15) is 0 Å². The Morgan fingerprint density at radius 3 is 2.29 bits per heavy atom. The topological polar surface area (TPSA) is 125 Å². The minimum atomic E-state index is -1.07. The van der Waals surface area contributed by atoms with Crippen LogP contribution in [-0.4, -0.2) is 51.8 Å². The quantitative estimate of drug-likeness (QED) is 0.166. The van der Waals surface area contributed by atoms with Crippen molar-refractivity contribution >= 4 is 29.3 Å². The normalized spacial score (nSPS) is 14.2. The molecule has 1 aliphatic heterocycles. The Bertz CT molecular complexity index is 1660. The van der Waals surface area contributed by atoms with Gasteiger partial charge in [-0.3, -0.25) is 4.79 Å². The van der Waals surface area contributed by atoms with Gasteiger partial charge in [-0.05, 0) is 72.7 Å². The molecule has 4 aromatic rings. The summed E-state index contributed by atoms with van der Waals surface area (Å²) in [5.41, 5.74) is 4.81. The van der Waals surface area contributed by atoms with Crippen molar-refractivity contribution in [2.24, 2.45) is 5.41 Å². The number of nitrogens with zero attached hydrogens (tertiary/aromatic N) is 3. The number of aliphatic carboxylic acids is 1. The lowest BCUT2D eigenvalue weighted by Gasteiger charge is -2.40. The summed E-state index contributed by atoms with van der Waals surface area (Å²) in [6, 6.07) is 17.0. The molecule has 10 heteroatoms. The first-order valence-electron chi connectivity index (χ1n) is 14.9. The van der Waals surface area contributed by atoms with Gasteiger partial charge in [-0.25, -0.2) is 19.2 Å². The van der Waals surface area contributed by atoms with E-state index in [9.17, 15) is 24.2 Å². The summed E-state index contributed by atoms with van der Waals surface area (Å²) in [5, 5.41) is 22.5. The van der Waals surface area contributed by atoms with Gasteiger partial charge in [0, 0.05) is 42.5 Å². The smallest absolute Gasteiger partial charge is 0.337 e. The zero-order valence-corrected chi connectivity index (χ0v) is 25.6.